The van der Waals surface area contributed by atoms with Crippen molar-refractivity contribution in [2.24, 2.45) is 0 Å². The summed E-state index contributed by atoms with van der Waals surface area (Å²) >= 11 is 0. The van der Waals surface area contributed by atoms with E-state index in [4.69, 9.17) is 18.9 Å². The number of ether oxygens (including phenoxy) is 4. The number of hydrogen-bond acceptors (Lipinski definition) is 10. The molecule has 0 fully saturated rings. The van der Waals surface area contributed by atoms with E-state index in [0.717, 1.165) is 13.8 Å². The molecule has 0 spiro atoms. The standard InChI is InChI=1S/C28H24N2O10/c1-15(31)37-23-10-8-19(12-25(23)39-17(3)33)27(35)29-21-6-5-7-22(14-21)30-28(36)20-9-11-24(38-16(2)32)26(13-20)40-18(4)34/h5-14H,1-4H3,(H,29,35)(H,30,36). The molecular weight excluding hydrogens is 524 g/mol. The zero-order valence-corrected chi connectivity index (χ0v) is 21.9. The Morgan fingerprint density at radius 1 is 0.475 bits per heavy atom. The van der Waals surface area contributed by atoms with Crippen LogP contribution in [0.5, 0.6) is 23.0 Å². The maximum absolute atomic E-state index is 12.9. The number of rotatable bonds is 8. The predicted octanol–water partition coefficient (Wildman–Crippen LogP) is 3.89. The van der Waals surface area contributed by atoms with Gasteiger partial charge in [0, 0.05) is 50.2 Å². The molecule has 0 aliphatic heterocycles. The van der Waals surface area contributed by atoms with Crippen LogP contribution >= 0.6 is 0 Å². The molecule has 0 saturated heterocycles. The van der Waals surface area contributed by atoms with Crippen molar-refractivity contribution >= 4 is 47.1 Å². The predicted molar refractivity (Wildman–Crippen MR) is 140 cm³/mol. The zero-order valence-electron chi connectivity index (χ0n) is 21.9. The van der Waals surface area contributed by atoms with Gasteiger partial charge in [-0.1, -0.05) is 6.07 Å². The maximum atomic E-state index is 12.9. The van der Waals surface area contributed by atoms with Gasteiger partial charge in [0.25, 0.3) is 11.8 Å². The summed E-state index contributed by atoms with van der Waals surface area (Å²) in [5.41, 5.74) is 0.860. The summed E-state index contributed by atoms with van der Waals surface area (Å²) in [6, 6.07) is 14.2. The van der Waals surface area contributed by atoms with Gasteiger partial charge in [0.2, 0.25) is 0 Å². The van der Waals surface area contributed by atoms with Gasteiger partial charge in [-0.15, -0.1) is 0 Å². The van der Waals surface area contributed by atoms with E-state index in [0.29, 0.717) is 11.4 Å². The van der Waals surface area contributed by atoms with Gasteiger partial charge in [-0.3, -0.25) is 28.8 Å². The first-order valence-electron chi connectivity index (χ1n) is 11.7. The number of esters is 4. The van der Waals surface area contributed by atoms with Crippen LogP contribution in [0.1, 0.15) is 48.4 Å². The van der Waals surface area contributed by atoms with Crippen LogP contribution < -0.4 is 29.6 Å². The van der Waals surface area contributed by atoms with E-state index in [2.05, 4.69) is 10.6 Å². The Balaban J connectivity index is 1.77. The highest BCUT2D eigenvalue weighted by atomic mass is 16.6. The highest BCUT2D eigenvalue weighted by molar-refractivity contribution is 6.07. The van der Waals surface area contributed by atoms with Crippen molar-refractivity contribution in [2.75, 3.05) is 10.6 Å². The van der Waals surface area contributed by atoms with Crippen molar-refractivity contribution in [2.45, 2.75) is 27.7 Å². The van der Waals surface area contributed by atoms with Crippen LogP contribution in [-0.2, 0) is 19.2 Å². The number of nitrogens with one attached hydrogen (secondary N) is 2. The fourth-order valence-corrected chi connectivity index (χ4v) is 3.33. The monoisotopic (exact) mass is 548 g/mol. The summed E-state index contributed by atoms with van der Waals surface area (Å²) in [7, 11) is 0. The smallest absolute Gasteiger partial charge is 0.308 e. The van der Waals surface area contributed by atoms with Crippen molar-refractivity contribution in [1.82, 2.24) is 0 Å². The topological polar surface area (TPSA) is 163 Å². The highest BCUT2D eigenvalue weighted by Crippen LogP contribution is 2.31. The summed E-state index contributed by atoms with van der Waals surface area (Å²) in [5, 5.41) is 5.33. The molecule has 0 aliphatic rings. The van der Waals surface area contributed by atoms with Gasteiger partial charge in [0.15, 0.2) is 23.0 Å². The van der Waals surface area contributed by atoms with E-state index >= 15 is 0 Å². The average Bonchev–Trinajstić information content (AvgIpc) is 2.85. The fourth-order valence-electron chi connectivity index (χ4n) is 3.33. The number of amides is 2. The highest BCUT2D eigenvalue weighted by Gasteiger charge is 2.17. The number of carbonyl (C=O) groups excluding carboxylic acids is 6. The first kappa shape index (κ1) is 29.0. The molecule has 0 saturated carbocycles. The molecule has 12 heteroatoms. The molecule has 0 aliphatic carbocycles. The Hall–Kier alpha value is -5.52. The summed E-state index contributed by atoms with van der Waals surface area (Å²) < 4.78 is 20.1. The minimum atomic E-state index is -0.671. The molecule has 0 heterocycles. The largest absolute Gasteiger partial charge is 0.423 e. The molecular formula is C28H24N2O10. The lowest BCUT2D eigenvalue weighted by Gasteiger charge is -2.12. The third-order valence-corrected chi connectivity index (χ3v) is 4.80. The molecule has 0 bridgehead atoms. The number of carbonyl (C=O) groups is 6. The lowest BCUT2D eigenvalue weighted by Crippen LogP contribution is -2.15. The second-order valence-corrected chi connectivity index (χ2v) is 8.19. The number of benzene rings is 3. The quantitative estimate of drug-likeness (QED) is 0.312. The van der Waals surface area contributed by atoms with Crippen LogP contribution in [0.25, 0.3) is 0 Å². The summed E-state index contributed by atoms with van der Waals surface area (Å²) in [6.45, 7) is 4.69. The Bertz CT molecular complexity index is 1400. The number of hydrogen-bond donors (Lipinski definition) is 2. The van der Waals surface area contributed by atoms with Crippen LogP contribution in [0.2, 0.25) is 0 Å². The molecule has 40 heavy (non-hydrogen) atoms. The van der Waals surface area contributed by atoms with Gasteiger partial charge < -0.3 is 29.6 Å². The first-order valence-corrected chi connectivity index (χ1v) is 11.7. The Morgan fingerprint density at radius 2 is 0.825 bits per heavy atom. The molecule has 0 atom stereocenters. The van der Waals surface area contributed by atoms with Gasteiger partial charge in [-0.25, -0.2) is 0 Å². The molecule has 3 aromatic rings. The summed E-state index contributed by atoms with van der Waals surface area (Å²) in [4.78, 5) is 71.2. The van der Waals surface area contributed by atoms with Crippen LogP contribution in [-0.4, -0.2) is 35.7 Å². The lowest BCUT2D eigenvalue weighted by atomic mass is 10.1. The van der Waals surface area contributed by atoms with Crippen molar-refractivity contribution in [1.29, 1.82) is 0 Å². The molecule has 2 amide bonds. The third-order valence-electron chi connectivity index (χ3n) is 4.80. The van der Waals surface area contributed by atoms with E-state index in [9.17, 15) is 28.8 Å². The van der Waals surface area contributed by atoms with Crippen molar-refractivity contribution in [3.05, 3.63) is 71.8 Å². The van der Waals surface area contributed by atoms with E-state index in [-0.39, 0.29) is 34.1 Å². The summed E-state index contributed by atoms with van der Waals surface area (Å²) in [6.07, 6.45) is 0. The van der Waals surface area contributed by atoms with Gasteiger partial charge in [-0.05, 0) is 54.6 Å². The van der Waals surface area contributed by atoms with E-state index in [1.54, 1.807) is 18.2 Å². The molecule has 12 nitrogen and oxygen atoms in total. The molecule has 2 N–H and O–H groups in total. The molecule has 0 radical (unpaired) electrons. The molecule has 0 unspecified atom stereocenters. The normalized spacial score (nSPS) is 10.1. The second kappa shape index (κ2) is 12.8. The van der Waals surface area contributed by atoms with Crippen molar-refractivity contribution in [3.63, 3.8) is 0 Å². The Morgan fingerprint density at radius 3 is 1.18 bits per heavy atom. The third kappa shape index (κ3) is 8.25. The first-order chi connectivity index (χ1) is 18.9. The van der Waals surface area contributed by atoms with Crippen LogP contribution in [0.3, 0.4) is 0 Å². The van der Waals surface area contributed by atoms with Gasteiger partial charge >= 0.3 is 23.9 Å². The fraction of sp³-hybridized carbons (Fsp3) is 0.143. The SMILES string of the molecule is CC(=O)Oc1ccc(C(=O)Nc2cccc(NC(=O)c3ccc(OC(C)=O)c(OC(C)=O)c3)c2)cc1OC(C)=O. The van der Waals surface area contributed by atoms with Crippen molar-refractivity contribution < 1.29 is 47.7 Å². The maximum Gasteiger partial charge on any atom is 0.308 e. The van der Waals surface area contributed by atoms with Gasteiger partial charge in [0.05, 0.1) is 0 Å². The lowest BCUT2D eigenvalue weighted by molar-refractivity contribution is -0.134. The minimum Gasteiger partial charge on any atom is -0.423 e. The molecule has 206 valence electrons. The molecule has 0 aromatic heterocycles. The Labute approximate surface area is 228 Å². The minimum absolute atomic E-state index is 0.0262. The second-order valence-electron chi connectivity index (χ2n) is 8.19. The zero-order chi connectivity index (χ0) is 29.4. The van der Waals surface area contributed by atoms with Crippen LogP contribution in [0, 0.1) is 0 Å². The van der Waals surface area contributed by atoms with E-state index < -0.39 is 35.7 Å². The number of anilines is 2. The van der Waals surface area contributed by atoms with E-state index in [1.807, 2.05) is 0 Å². The van der Waals surface area contributed by atoms with Gasteiger partial charge in [-0.2, -0.15) is 0 Å². The van der Waals surface area contributed by atoms with Crippen LogP contribution in [0.15, 0.2) is 60.7 Å². The van der Waals surface area contributed by atoms with E-state index in [1.165, 1.54) is 56.3 Å². The van der Waals surface area contributed by atoms with Crippen LogP contribution in [0.4, 0.5) is 11.4 Å². The average molecular weight is 549 g/mol. The summed E-state index contributed by atoms with van der Waals surface area (Å²) in [5.74, 6) is -4.01. The Kier molecular flexibility index (Phi) is 9.31. The van der Waals surface area contributed by atoms with Crippen molar-refractivity contribution in [3.8, 4) is 23.0 Å². The van der Waals surface area contributed by atoms with Gasteiger partial charge in [0.1, 0.15) is 0 Å². The molecule has 3 aromatic carbocycles. The molecule has 3 rings (SSSR count).